The van der Waals surface area contributed by atoms with Crippen molar-refractivity contribution in [2.75, 3.05) is 0 Å². The van der Waals surface area contributed by atoms with Gasteiger partial charge < -0.3 is 13.7 Å². The molecule has 0 aliphatic carbocycles. The second-order valence-electron chi connectivity index (χ2n) is 17.0. The Morgan fingerprint density at radius 1 is 0.254 bits per heavy atom. The molecular formula is C62H37N5. The van der Waals surface area contributed by atoms with Crippen molar-refractivity contribution in [2.24, 2.45) is 0 Å². The highest BCUT2D eigenvalue weighted by Crippen LogP contribution is 2.54. The fraction of sp³-hybridized carbons (Fsp3) is 0. The van der Waals surface area contributed by atoms with Crippen LogP contribution in [-0.2, 0) is 0 Å². The van der Waals surface area contributed by atoms with Crippen molar-refractivity contribution < 1.29 is 0 Å². The van der Waals surface area contributed by atoms with Gasteiger partial charge in [0, 0.05) is 49.0 Å². The highest BCUT2D eigenvalue weighted by molar-refractivity contribution is 6.18. The molecule has 5 nitrogen and oxygen atoms in total. The first-order valence-electron chi connectivity index (χ1n) is 22.5. The maximum atomic E-state index is 10.7. The van der Waals surface area contributed by atoms with E-state index in [1.165, 1.54) is 0 Å². The van der Waals surface area contributed by atoms with Gasteiger partial charge in [0.05, 0.1) is 73.4 Å². The van der Waals surface area contributed by atoms with E-state index in [-0.39, 0.29) is 0 Å². The largest absolute Gasteiger partial charge is 0.306 e. The average molecular weight is 852 g/mol. The Morgan fingerprint density at radius 3 is 0.821 bits per heavy atom. The summed E-state index contributed by atoms with van der Waals surface area (Å²) in [7, 11) is 0. The van der Waals surface area contributed by atoms with Gasteiger partial charge in [-0.2, -0.15) is 10.5 Å². The molecule has 0 spiro atoms. The van der Waals surface area contributed by atoms with E-state index in [2.05, 4.69) is 232 Å². The fourth-order valence-electron chi connectivity index (χ4n) is 10.8. The van der Waals surface area contributed by atoms with Crippen molar-refractivity contribution in [3.63, 3.8) is 0 Å². The first kappa shape index (κ1) is 38.1. The van der Waals surface area contributed by atoms with Crippen molar-refractivity contribution >= 4 is 65.4 Å². The molecule has 0 radical (unpaired) electrons. The number of hydrogen-bond acceptors (Lipinski definition) is 2. The monoisotopic (exact) mass is 851 g/mol. The molecular weight excluding hydrogens is 815 g/mol. The third-order valence-electron chi connectivity index (χ3n) is 13.4. The second kappa shape index (κ2) is 15.1. The van der Waals surface area contributed by atoms with Crippen molar-refractivity contribution in [1.82, 2.24) is 13.7 Å². The summed E-state index contributed by atoms with van der Waals surface area (Å²) in [5, 5.41) is 28.2. The van der Waals surface area contributed by atoms with Crippen LogP contribution in [0, 0.1) is 22.7 Å². The Balaban J connectivity index is 1.44. The summed E-state index contributed by atoms with van der Waals surface area (Å²) in [6.45, 7) is 0. The van der Waals surface area contributed by atoms with Crippen molar-refractivity contribution in [1.29, 1.82) is 10.5 Å². The Morgan fingerprint density at radius 2 is 0.522 bits per heavy atom. The van der Waals surface area contributed by atoms with E-state index < -0.39 is 0 Å². The van der Waals surface area contributed by atoms with Gasteiger partial charge in [0.2, 0.25) is 0 Å². The standard InChI is InChI=1S/C62H37N5/c63-38-40-35-41(39-64)37-44(36-40)57-58(42-19-3-1-4-20-42)60(65-51-29-13-7-23-45(51)46-24-8-14-30-52(46)65)62(67-55-33-17-11-27-49(55)50-28-12-18-34-56(50)67)61(59(57)43-21-5-2-6-22-43)66-53-31-15-9-25-47(53)48-26-10-16-32-54(48)66/h1-37H. The lowest BCUT2D eigenvalue weighted by Gasteiger charge is -2.31. The van der Waals surface area contributed by atoms with E-state index >= 15 is 0 Å². The van der Waals surface area contributed by atoms with E-state index in [4.69, 9.17) is 0 Å². The van der Waals surface area contributed by atoms with Crippen LogP contribution in [0.4, 0.5) is 0 Å². The number of para-hydroxylation sites is 6. The molecule has 0 fully saturated rings. The zero-order valence-corrected chi connectivity index (χ0v) is 36.1. The molecule has 0 bridgehead atoms. The summed E-state index contributed by atoms with van der Waals surface area (Å²) in [6, 6.07) is 84.0. The minimum absolute atomic E-state index is 0.412. The zero-order valence-electron chi connectivity index (χ0n) is 36.1. The van der Waals surface area contributed by atoms with E-state index in [0.29, 0.717) is 11.1 Å². The molecule has 0 N–H and O–H groups in total. The number of rotatable bonds is 6. The summed E-state index contributed by atoms with van der Waals surface area (Å²) in [4.78, 5) is 0. The second-order valence-corrected chi connectivity index (χ2v) is 17.0. The first-order chi connectivity index (χ1) is 33.2. The quantitative estimate of drug-likeness (QED) is 0.167. The van der Waals surface area contributed by atoms with Gasteiger partial charge in [-0.25, -0.2) is 0 Å². The van der Waals surface area contributed by atoms with Gasteiger partial charge in [0.15, 0.2) is 0 Å². The predicted molar refractivity (Wildman–Crippen MR) is 275 cm³/mol. The molecule has 0 saturated carbocycles. The van der Waals surface area contributed by atoms with Gasteiger partial charge in [-0.05, 0) is 71.3 Å². The van der Waals surface area contributed by atoms with Gasteiger partial charge >= 0.3 is 0 Å². The number of hydrogen-bond donors (Lipinski definition) is 0. The van der Waals surface area contributed by atoms with Crippen LogP contribution in [0.5, 0.6) is 0 Å². The summed E-state index contributed by atoms with van der Waals surface area (Å²) in [5.74, 6) is 0. The zero-order chi connectivity index (χ0) is 44.6. The van der Waals surface area contributed by atoms with Crippen LogP contribution in [0.1, 0.15) is 11.1 Å². The lowest BCUT2D eigenvalue weighted by atomic mass is 9.83. The van der Waals surface area contributed by atoms with Crippen molar-refractivity contribution in [3.05, 3.63) is 236 Å². The van der Waals surface area contributed by atoms with Crippen LogP contribution in [0.25, 0.3) is 116 Å². The van der Waals surface area contributed by atoms with Crippen LogP contribution in [0.15, 0.2) is 224 Å². The Hall–Kier alpha value is -9.42. The van der Waals surface area contributed by atoms with Crippen LogP contribution < -0.4 is 0 Å². The third-order valence-corrected chi connectivity index (χ3v) is 13.4. The molecule has 5 heteroatoms. The van der Waals surface area contributed by atoms with Gasteiger partial charge in [0.25, 0.3) is 0 Å². The third kappa shape index (κ3) is 5.66. The molecule has 310 valence electrons. The molecule has 3 aromatic heterocycles. The maximum Gasteiger partial charge on any atom is 0.0992 e. The van der Waals surface area contributed by atoms with E-state index in [1.807, 2.05) is 12.1 Å². The topological polar surface area (TPSA) is 62.4 Å². The molecule has 13 aromatic rings. The Bertz CT molecular complexity index is 3860. The lowest BCUT2D eigenvalue weighted by molar-refractivity contribution is 1.05. The summed E-state index contributed by atoms with van der Waals surface area (Å²) in [5.41, 5.74) is 15.7. The normalized spacial score (nSPS) is 11.6. The number of aromatic nitrogens is 3. The van der Waals surface area contributed by atoms with E-state index in [0.717, 1.165) is 116 Å². The van der Waals surface area contributed by atoms with E-state index in [9.17, 15) is 10.5 Å². The molecule has 0 amide bonds. The number of nitrogens with zero attached hydrogens (tertiary/aromatic N) is 5. The molecule has 0 atom stereocenters. The summed E-state index contributed by atoms with van der Waals surface area (Å²) in [6.07, 6.45) is 0. The summed E-state index contributed by atoms with van der Waals surface area (Å²) >= 11 is 0. The van der Waals surface area contributed by atoms with Gasteiger partial charge in [-0.1, -0.05) is 170 Å². The molecule has 10 aromatic carbocycles. The molecule has 13 rings (SSSR count). The first-order valence-corrected chi connectivity index (χ1v) is 22.5. The van der Waals surface area contributed by atoms with Gasteiger partial charge in [0.1, 0.15) is 0 Å². The molecule has 0 aliphatic heterocycles. The molecule has 0 aliphatic rings. The Labute approximate surface area is 386 Å². The molecule has 0 saturated heterocycles. The highest BCUT2D eigenvalue weighted by Gasteiger charge is 2.34. The number of benzene rings is 10. The average Bonchev–Trinajstić information content (AvgIpc) is 4.04. The lowest BCUT2D eigenvalue weighted by Crippen LogP contribution is -2.14. The summed E-state index contributed by atoms with van der Waals surface area (Å²) < 4.78 is 7.44. The molecule has 3 heterocycles. The smallest absolute Gasteiger partial charge is 0.0992 e. The van der Waals surface area contributed by atoms with Crippen LogP contribution >= 0.6 is 0 Å². The van der Waals surface area contributed by atoms with Crippen LogP contribution in [-0.4, -0.2) is 13.7 Å². The number of fused-ring (bicyclic) bond motifs is 9. The number of nitriles is 2. The fourth-order valence-corrected chi connectivity index (χ4v) is 10.8. The molecule has 0 unspecified atom stereocenters. The van der Waals surface area contributed by atoms with Crippen molar-refractivity contribution in [3.8, 4) is 62.6 Å². The SMILES string of the molecule is N#Cc1cc(C#N)cc(-c2c(-c3ccccc3)c(-n3c4ccccc4c4ccccc43)c(-n3c4ccccc4c4ccccc43)c(-n3c4ccccc4c4ccccc43)c2-c2ccccc2)c1. The van der Waals surface area contributed by atoms with Crippen molar-refractivity contribution in [2.45, 2.75) is 0 Å². The van der Waals surface area contributed by atoms with Crippen LogP contribution in [0.2, 0.25) is 0 Å². The van der Waals surface area contributed by atoms with Crippen LogP contribution in [0.3, 0.4) is 0 Å². The predicted octanol–water partition coefficient (Wildman–Crippen LogP) is 15.7. The Kier molecular flexibility index (Phi) is 8.58. The van der Waals surface area contributed by atoms with Gasteiger partial charge in [-0.3, -0.25) is 0 Å². The minimum atomic E-state index is 0.412. The highest BCUT2D eigenvalue weighted by atomic mass is 15.1. The minimum Gasteiger partial charge on any atom is -0.306 e. The maximum absolute atomic E-state index is 10.7. The molecule has 67 heavy (non-hydrogen) atoms. The van der Waals surface area contributed by atoms with Gasteiger partial charge in [-0.15, -0.1) is 0 Å². The van der Waals surface area contributed by atoms with E-state index in [1.54, 1.807) is 6.07 Å².